The number of fused-ring (bicyclic) bond motifs is 1. The molecule has 0 aliphatic heterocycles. The number of anilines is 2. The van der Waals surface area contributed by atoms with Crippen LogP contribution in [0, 0.1) is 13.8 Å². The van der Waals surface area contributed by atoms with E-state index in [4.69, 9.17) is 11.6 Å². The number of benzene rings is 3. The quantitative estimate of drug-likeness (QED) is 0.293. The van der Waals surface area contributed by atoms with Gasteiger partial charge in [-0.25, -0.2) is 4.68 Å². The van der Waals surface area contributed by atoms with Crippen molar-refractivity contribution in [1.29, 1.82) is 0 Å². The third-order valence-electron chi connectivity index (χ3n) is 5.35. The lowest BCUT2D eigenvalue weighted by atomic mass is 10.1. The average Bonchev–Trinajstić information content (AvgIpc) is 3.14. The number of aryl methyl sites for hydroxylation is 1. The number of hydrogen-bond acceptors (Lipinski definition) is 3. The molecule has 0 aliphatic carbocycles. The van der Waals surface area contributed by atoms with Crippen LogP contribution in [-0.2, 0) is 9.59 Å². The molecular weight excluding hydrogens is 520 g/mol. The Balaban J connectivity index is 1.65. The van der Waals surface area contributed by atoms with Gasteiger partial charge in [0.15, 0.2) is 0 Å². The van der Waals surface area contributed by atoms with E-state index in [2.05, 4.69) is 32.0 Å². The Morgan fingerprint density at radius 2 is 1.65 bits per heavy atom. The number of carbonyl (C=O) groups is 3. The Morgan fingerprint density at radius 3 is 2.41 bits per heavy atom. The highest BCUT2D eigenvalue weighted by Crippen LogP contribution is 2.25. The van der Waals surface area contributed by atoms with Gasteiger partial charge < -0.3 is 10.6 Å². The molecule has 9 heteroatoms. The minimum absolute atomic E-state index is 0.165. The highest BCUT2D eigenvalue weighted by molar-refractivity contribution is 9.10. The fourth-order valence-corrected chi connectivity index (χ4v) is 4.02. The summed E-state index contributed by atoms with van der Waals surface area (Å²) in [6.07, 6.45) is 0. The average molecular weight is 540 g/mol. The molecule has 0 unspecified atom stereocenters. The first-order chi connectivity index (χ1) is 16.2. The molecule has 4 aromatic rings. The molecular formula is C25H20BrClN4O3. The monoisotopic (exact) mass is 538 g/mol. The number of hydrogen-bond donors (Lipinski definition) is 3. The van der Waals surface area contributed by atoms with E-state index in [9.17, 15) is 14.4 Å². The van der Waals surface area contributed by atoms with Crippen LogP contribution in [0.5, 0.6) is 0 Å². The molecule has 3 aromatic carbocycles. The van der Waals surface area contributed by atoms with E-state index in [0.29, 0.717) is 27.3 Å². The molecule has 1 aromatic heterocycles. The predicted octanol–water partition coefficient (Wildman–Crippen LogP) is 5.64. The number of halogens is 2. The molecule has 4 rings (SSSR count). The molecule has 3 amide bonds. The third kappa shape index (κ3) is 4.98. The second-order valence-electron chi connectivity index (χ2n) is 7.68. The Kier molecular flexibility index (Phi) is 6.72. The maximum atomic E-state index is 13.2. The largest absolute Gasteiger partial charge is 0.328 e. The lowest BCUT2D eigenvalue weighted by Gasteiger charge is -2.14. The first-order valence-corrected chi connectivity index (χ1v) is 11.5. The summed E-state index contributed by atoms with van der Waals surface area (Å²) < 4.78 is 2.12. The molecule has 0 bridgehead atoms. The van der Waals surface area contributed by atoms with Gasteiger partial charge in [0, 0.05) is 26.3 Å². The highest BCUT2D eigenvalue weighted by Gasteiger charge is 2.21. The van der Waals surface area contributed by atoms with Crippen LogP contribution in [-0.4, -0.2) is 22.4 Å². The van der Waals surface area contributed by atoms with Gasteiger partial charge in [-0.2, -0.15) is 0 Å². The van der Waals surface area contributed by atoms with Crippen molar-refractivity contribution in [2.75, 3.05) is 16.1 Å². The van der Waals surface area contributed by atoms with Gasteiger partial charge in [-0.3, -0.25) is 19.8 Å². The van der Waals surface area contributed by atoms with E-state index < -0.39 is 17.7 Å². The molecule has 7 nitrogen and oxygen atoms in total. The topological polar surface area (TPSA) is 92.2 Å². The number of aromatic nitrogens is 1. The lowest BCUT2D eigenvalue weighted by Crippen LogP contribution is -2.36. The zero-order valence-electron chi connectivity index (χ0n) is 18.3. The minimum atomic E-state index is -0.943. The highest BCUT2D eigenvalue weighted by atomic mass is 79.9. The van der Waals surface area contributed by atoms with E-state index in [0.717, 1.165) is 15.6 Å². The van der Waals surface area contributed by atoms with Crippen LogP contribution in [0.4, 0.5) is 11.4 Å². The summed E-state index contributed by atoms with van der Waals surface area (Å²) in [4.78, 5) is 38.5. The summed E-state index contributed by atoms with van der Waals surface area (Å²) in [6.45, 7) is 3.87. The summed E-state index contributed by atoms with van der Waals surface area (Å²) in [5, 5.41) is 6.52. The van der Waals surface area contributed by atoms with Crippen LogP contribution in [0.1, 0.15) is 21.6 Å². The predicted molar refractivity (Wildman–Crippen MR) is 138 cm³/mol. The third-order valence-corrected chi connectivity index (χ3v) is 6.08. The van der Waals surface area contributed by atoms with Crippen molar-refractivity contribution >= 4 is 67.5 Å². The maximum Gasteiger partial charge on any atom is 0.328 e. The van der Waals surface area contributed by atoms with Crippen molar-refractivity contribution in [3.05, 3.63) is 93.0 Å². The minimum Gasteiger partial charge on any atom is -0.320 e. The van der Waals surface area contributed by atoms with Crippen LogP contribution in [0.25, 0.3) is 10.9 Å². The smallest absolute Gasteiger partial charge is 0.320 e. The fourth-order valence-electron chi connectivity index (χ4n) is 3.45. The zero-order chi connectivity index (χ0) is 24.4. The molecule has 34 heavy (non-hydrogen) atoms. The van der Waals surface area contributed by atoms with E-state index in [-0.39, 0.29) is 5.69 Å². The van der Waals surface area contributed by atoms with Crippen molar-refractivity contribution in [2.24, 2.45) is 0 Å². The van der Waals surface area contributed by atoms with E-state index in [1.165, 1.54) is 10.7 Å². The van der Waals surface area contributed by atoms with Crippen LogP contribution in [0.3, 0.4) is 0 Å². The van der Waals surface area contributed by atoms with Crippen molar-refractivity contribution in [2.45, 2.75) is 13.8 Å². The standard InChI is InChI=1S/C25H20BrClN4O3/c1-14-5-3-8-20(15(14)2)29-23(32)22-12-16-11-17(26)9-10-21(16)31(22)30-25(34)24(33)28-19-7-4-6-18(27)13-19/h3-13H,1-2H3,(H,28,33)(H,29,32)(H,30,34). The van der Waals surface area contributed by atoms with Crippen LogP contribution in [0.15, 0.2) is 71.2 Å². The Bertz CT molecular complexity index is 1450. The number of amides is 3. The molecule has 172 valence electrons. The van der Waals surface area contributed by atoms with Crippen molar-refractivity contribution in [3.63, 3.8) is 0 Å². The number of rotatable bonds is 4. The SMILES string of the molecule is Cc1cccc(NC(=O)c2cc3cc(Br)ccc3n2NC(=O)C(=O)Nc2cccc(Cl)c2)c1C. The molecule has 0 saturated carbocycles. The van der Waals surface area contributed by atoms with E-state index in [1.807, 2.05) is 32.0 Å². The van der Waals surface area contributed by atoms with Gasteiger partial charge in [-0.05, 0) is 73.5 Å². The summed E-state index contributed by atoms with van der Waals surface area (Å²) in [7, 11) is 0. The number of carbonyl (C=O) groups excluding carboxylic acids is 3. The Morgan fingerprint density at radius 1 is 0.882 bits per heavy atom. The first-order valence-electron chi connectivity index (χ1n) is 10.3. The summed E-state index contributed by atoms with van der Waals surface area (Å²) in [6, 6.07) is 19.1. The molecule has 0 saturated heterocycles. The summed E-state index contributed by atoms with van der Waals surface area (Å²) in [5.74, 6) is -2.28. The van der Waals surface area contributed by atoms with Crippen LogP contribution < -0.4 is 16.1 Å². The molecule has 0 atom stereocenters. The maximum absolute atomic E-state index is 13.2. The van der Waals surface area contributed by atoms with Crippen LogP contribution >= 0.6 is 27.5 Å². The molecule has 0 aliphatic rings. The van der Waals surface area contributed by atoms with Crippen LogP contribution in [0.2, 0.25) is 5.02 Å². The summed E-state index contributed by atoms with van der Waals surface area (Å²) >= 11 is 9.36. The van der Waals surface area contributed by atoms with Gasteiger partial charge in [-0.1, -0.05) is 45.7 Å². The van der Waals surface area contributed by atoms with Gasteiger partial charge in [0.1, 0.15) is 5.69 Å². The zero-order valence-corrected chi connectivity index (χ0v) is 20.6. The molecule has 0 spiro atoms. The molecule has 0 fully saturated rings. The van der Waals surface area contributed by atoms with E-state index in [1.54, 1.807) is 42.5 Å². The molecule has 3 N–H and O–H groups in total. The van der Waals surface area contributed by atoms with Crippen molar-refractivity contribution in [1.82, 2.24) is 4.68 Å². The molecule has 1 heterocycles. The number of nitrogens with one attached hydrogen (secondary N) is 3. The Labute approximate surface area is 209 Å². The first kappa shape index (κ1) is 23.5. The summed E-state index contributed by atoms with van der Waals surface area (Å²) in [5.41, 5.74) is 6.26. The number of nitrogens with zero attached hydrogens (tertiary/aromatic N) is 1. The van der Waals surface area contributed by atoms with Gasteiger partial charge >= 0.3 is 11.8 Å². The van der Waals surface area contributed by atoms with Gasteiger partial charge in [0.05, 0.1) is 5.52 Å². The fraction of sp³-hybridized carbons (Fsp3) is 0.0800. The second-order valence-corrected chi connectivity index (χ2v) is 9.03. The van der Waals surface area contributed by atoms with Crippen molar-refractivity contribution in [3.8, 4) is 0 Å². The van der Waals surface area contributed by atoms with Gasteiger partial charge in [-0.15, -0.1) is 0 Å². The lowest BCUT2D eigenvalue weighted by molar-refractivity contribution is -0.133. The van der Waals surface area contributed by atoms with E-state index >= 15 is 0 Å². The van der Waals surface area contributed by atoms with Gasteiger partial charge in [0.25, 0.3) is 5.91 Å². The van der Waals surface area contributed by atoms with Gasteiger partial charge in [0.2, 0.25) is 0 Å². The second kappa shape index (κ2) is 9.70. The molecule has 0 radical (unpaired) electrons. The normalized spacial score (nSPS) is 10.7. The Hall–Kier alpha value is -3.62. The van der Waals surface area contributed by atoms with Crippen molar-refractivity contribution < 1.29 is 14.4 Å².